The summed E-state index contributed by atoms with van der Waals surface area (Å²) in [7, 11) is 3.12. The number of nitrogen functional groups attached to an aromatic ring is 1. The molecule has 4 rings (SSSR count). The lowest BCUT2D eigenvalue weighted by molar-refractivity contribution is -0.113. The predicted octanol–water partition coefficient (Wildman–Crippen LogP) is 3.99. The van der Waals surface area contributed by atoms with Gasteiger partial charge >= 0.3 is 0 Å². The van der Waals surface area contributed by atoms with E-state index in [0.717, 1.165) is 11.3 Å². The number of nitrogens with two attached hydrogens (primary N) is 1. The molecular formula is C25H25N5O4S. The summed E-state index contributed by atoms with van der Waals surface area (Å²) in [6.07, 6.45) is 0. The average molecular weight is 492 g/mol. The Hall–Kier alpha value is -4.18. The smallest absolute Gasteiger partial charge is 0.234 e. The SMILES string of the molecule is COc1ccc(-c2nnc(SCC(=O)Nc3ccc(OCc4ccccc4)cc3)n2N)cc1OC. The lowest BCUT2D eigenvalue weighted by Gasteiger charge is -2.09. The Labute approximate surface area is 207 Å². The molecule has 9 nitrogen and oxygen atoms in total. The molecule has 3 N–H and O–H groups in total. The second kappa shape index (κ2) is 11.3. The third-order valence-electron chi connectivity index (χ3n) is 5.03. The van der Waals surface area contributed by atoms with Crippen molar-refractivity contribution in [3.63, 3.8) is 0 Å². The first-order valence-corrected chi connectivity index (χ1v) is 11.7. The van der Waals surface area contributed by atoms with Crippen molar-refractivity contribution in [3.05, 3.63) is 78.4 Å². The summed E-state index contributed by atoms with van der Waals surface area (Å²) in [6.45, 7) is 0.480. The van der Waals surface area contributed by atoms with Gasteiger partial charge in [0.2, 0.25) is 11.1 Å². The normalized spacial score (nSPS) is 10.6. The van der Waals surface area contributed by atoms with Crippen molar-refractivity contribution in [2.75, 3.05) is 31.1 Å². The Kier molecular flexibility index (Phi) is 7.74. The number of thioether (sulfide) groups is 1. The number of hydrogen-bond acceptors (Lipinski definition) is 8. The molecule has 3 aromatic carbocycles. The van der Waals surface area contributed by atoms with E-state index in [4.69, 9.17) is 20.1 Å². The maximum absolute atomic E-state index is 12.4. The number of rotatable bonds is 10. The fourth-order valence-electron chi connectivity index (χ4n) is 3.25. The lowest BCUT2D eigenvalue weighted by Crippen LogP contribution is -2.16. The van der Waals surface area contributed by atoms with Crippen LogP contribution in [0, 0.1) is 0 Å². The highest BCUT2D eigenvalue weighted by Gasteiger charge is 2.16. The van der Waals surface area contributed by atoms with Crippen molar-refractivity contribution in [2.24, 2.45) is 0 Å². The van der Waals surface area contributed by atoms with Gasteiger partial charge in [0.1, 0.15) is 12.4 Å². The minimum atomic E-state index is -0.191. The first-order valence-electron chi connectivity index (χ1n) is 10.7. The summed E-state index contributed by atoms with van der Waals surface area (Å²) in [4.78, 5) is 12.4. The number of carbonyl (C=O) groups excluding carboxylic acids is 1. The minimum absolute atomic E-state index is 0.119. The van der Waals surface area contributed by atoms with Gasteiger partial charge in [-0.05, 0) is 48.0 Å². The molecule has 1 heterocycles. The molecule has 0 radical (unpaired) electrons. The molecule has 1 amide bonds. The molecule has 0 atom stereocenters. The predicted molar refractivity (Wildman–Crippen MR) is 135 cm³/mol. The van der Waals surface area contributed by atoms with E-state index in [1.807, 2.05) is 48.5 Å². The molecule has 1 aromatic heterocycles. The topological polar surface area (TPSA) is 114 Å². The Morgan fingerprint density at radius 2 is 1.71 bits per heavy atom. The molecule has 4 aromatic rings. The van der Waals surface area contributed by atoms with Crippen LogP contribution in [0.3, 0.4) is 0 Å². The van der Waals surface area contributed by atoms with Crippen LogP contribution >= 0.6 is 11.8 Å². The standard InChI is InChI=1S/C25H25N5O4S/c1-32-21-13-8-18(14-22(21)33-2)24-28-29-25(30(24)26)35-16-23(31)27-19-9-11-20(12-10-19)34-15-17-6-4-3-5-7-17/h3-14H,15-16,26H2,1-2H3,(H,27,31). The summed E-state index contributed by atoms with van der Waals surface area (Å²) in [5, 5.41) is 11.5. The highest BCUT2D eigenvalue weighted by Crippen LogP contribution is 2.32. The summed E-state index contributed by atoms with van der Waals surface area (Å²) >= 11 is 1.19. The molecule has 0 aliphatic rings. The largest absolute Gasteiger partial charge is 0.493 e. The Bertz CT molecular complexity index is 1280. The quantitative estimate of drug-likeness (QED) is 0.253. The Morgan fingerprint density at radius 1 is 0.971 bits per heavy atom. The third kappa shape index (κ3) is 6.04. The van der Waals surface area contributed by atoms with Crippen LogP contribution in [0.4, 0.5) is 5.69 Å². The summed E-state index contributed by atoms with van der Waals surface area (Å²) in [6, 6.07) is 22.5. The molecule has 0 saturated heterocycles. The van der Waals surface area contributed by atoms with Gasteiger partial charge in [-0.25, -0.2) is 4.68 Å². The monoisotopic (exact) mass is 491 g/mol. The first-order chi connectivity index (χ1) is 17.1. The molecule has 0 fully saturated rings. The summed E-state index contributed by atoms with van der Waals surface area (Å²) in [5.74, 6) is 8.42. The number of anilines is 1. The molecule has 10 heteroatoms. The maximum Gasteiger partial charge on any atom is 0.234 e. The van der Waals surface area contributed by atoms with E-state index in [2.05, 4.69) is 15.5 Å². The van der Waals surface area contributed by atoms with E-state index in [0.29, 0.717) is 40.3 Å². The van der Waals surface area contributed by atoms with Gasteiger partial charge < -0.3 is 25.4 Å². The zero-order valence-electron chi connectivity index (χ0n) is 19.3. The van der Waals surface area contributed by atoms with Gasteiger partial charge in [0.05, 0.1) is 20.0 Å². The van der Waals surface area contributed by atoms with E-state index < -0.39 is 0 Å². The number of amides is 1. The molecule has 35 heavy (non-hydrogen) atoms. The van der Waals surface area contributed by atoms with Crippen LogP contribution in [0.25, 0.3) is 11.4 Å². The number of nitrogens with one attached hydrogen (secondary N) is 1. The molecule has 180 valence electrons. The van der Waals surface area contributed by atoms with E-state index in [9.17, 15) is 4.79 Å². The zero-order chi connectivity index (χ0) is 24.6. The van der Waals surface area contributed by atoms with Gasteiger partial charge in [-0.15, -0.1) is 10.2 Å². The number of benzene rings is 3. The van der Waals surface area contributed by atoms with Crippen molar-refractivity contribution >= 4 is 23.4 Å². The van der Waals surface area contributed by atoms with Gasteiger partial charge in [0, 0.05) is 11.3 Å². The van der Waals surface area contributed by atoms with E-state index in [1.165, 1.54) is 16.4 Å². The fraction of sp³-hybridized carbons (Fsp3) is 0.160. The minimum Gasteiger partial charge on any atom is -0.493 e. The van der Waals surface area contributed by atoms with Crippen molar-refractivity contribution < 1.29 is 19.0 Å². The number of ether oxygens (including phenoxy) is 3. The fourth-order valence-corrected chi connectivity index (χ4v) is 3.91. The van der Waals surface area contributed by atoms with Gasteiger partial charge in [0.15, 0.2) is 17.3 Å². The summed E-state index contributed by atoms with van der Waals surface area (Å²) < 4.78 is 17.7. The Balaban J connectivity index is 1.31. The van der Waals surface area contributed by atoms with Crippen LogP contribution in [0.1, 0.15) is 5.56 Å². The van der Waals surface area contributed by atoms with E-state index in [1.54, 1.807) is 38.5 Å². The van der Waals surface area contributed by atoms with Crippen LogP contribution in [0.5, 0.6) is 17.2 Å². The molecule has 0 bridgehead atoms. The number of carbonyl (C=O) groups is 1. The maximum atomic E-state index is 12.4. The van der Waals surface area contributed by atoms with E-state index in [-0.39, 0.29) is 11.7 Å². The van der Waals surface area contributed by atoms with Crippen LogP contribution in [0.2, 0.25) is 0 Å². The van der Waals surface area contributed by atoms with Gasteiger partial charge in [-0.2, -0.15) is 0 Å². The zero-order valence-corrected chi connectivity index (χ0v) is 20.1. The summed E-state index contributed by atoms with van der Waals surface area (Å²) in [5.41, 5.74) is 2.47. The molecule has 0 spiro atoms. The molecule has 0 unspecified atom stereocenters. The number of methoxy groups -OCH3 is 2. The van der Waals surface area contributed by atoms with Gasteiger partial charge in [-0.3, -0.25) is 4.79 Å². The molecule has 0 saturated carbocycles. The van der Waals surface area contributed by atoms with Gasteiger partial charge in [0.25, 0.3) is 0 Å². The van der Waals surface area contributed by atoms with Crippen molar-refractivity contribution in [1.82, 2.24) is 14.9 Å². The number of nitrogens with zero attached hydrogens (tertiary/aromatic N) is 3. The van der Waals surface area contributed by atoms with Crippen LogP contribution < -0.4 is 25.4 Å². The molecule has 0 aliphatic heterocycles. The van der Waals surface area contributed by atoms with Crippen LogP contribution in [-0.4, -0.2) is 40.8 Å². The third-order valence-corrected chi connectivity index (χ3v) is 5.97. The molecular weight excluding hydrogens is 466 g/mol. The molecule has 0 aliphatic carbocycles. The lowest BCUT2D eigenvalue weighted by atomic mass is 10.2. The van der Waals surface area contributed by atoms with Crippen molar-refractivity contribution in [2.45, 2.75) is 11.8 Å². The first kappa shape index (κ1) is 24.0. The highest BCUT2D eigenvalue weighted by atomic mass is 32.2. The van der Waals surface area contributed by atoms with Gasteiger partial charge in [-0.1, -0.05) is 42.1 Å². The van der Waals surface area contributed by atoms with Crippen LogP contribution in [0.15, 0.2) is 78.0 Å². The average Bonchev–Trinajstić information content (AvgIpc) is 3.27. The second-order valence-electron chi connectivity index (χ2n) is 7.38. The number of hydrogen-bond donors (Lipinski definition) is 2. The Morgan fingerprint density at radius 3 is 2.43 bits per heavy atom. The van der Waals surface area contributed by atoms with E-state index >= 15 is 0 Å². The number of aromatic nitrogens is 3. The van der Waals surface area contributed by atoms with Crippen molar-refractivity contribution in [1.29, 1.82) is 0 Å². The highest BCUT2D eigenvalue weighted by molar-refractivity contribution is 7.99. The second-order valence-corrected chi connectivity index (χ2v) is 8.32. The van der Waals surface area contributed by atoms with Crippen LogP contribution in [-0.2, 0) is 11.4 Å². The van der Waals surface area contributed by atoms with Crippen molar-refractivity contribution in [3.8, 4) is 28.6 Å².